The number of hydrogen-bond acceptors (Lipinski definition) is 2. The van der Waals surface area contributed by atoms with Gasteiger partial charge in [-0.05, 0) is 54.9 Å². The highest BCUT2D eigenvalue weighted by molar-refractivity contribution is 5.79. The van der Waals surface area contributed by atoms with Gasteiger partial charge in [0.1, 0.15) is 17.5 Å². The van der Waals surface area contributed by atoms with E-state index < -0.39 is 11.6 Å². The molecule has 1 amide bonds. The van der Waals surface area contributed by atoms with Crippen LogP contribution in [0.1, 0.15) is 36.3 Å². The van der Waals surface area contributed by atoms with E-state index in [1.165, 1.54) is 37.1 Å². The molecule has 2 aromatic carbocycles. The minimum absolute atomic E-state index is 0.0216. The number of carbonyl (C=O) groups is 1. The summed E-state index contributed by atoms with van der Waals surface area (Å²) in [5.41, 5.74) is 1.37. The lowest BCUT2D eigenvalue weighted by Gasteiger charge is -2.37. The van der Waals surface area contributed by atoms with Crippen LogP contribution in [0.5, 0.6) is 0 Å². The van der Waals surface area contributed by atoms with Crippen molar-refractivity contribution in [3.05, 3.63) is 71.0 Å². The lowest BCUT2D eigenvalue weighted by Crippen LogP contribution is -2.45. The van der Waals surface area contributed by atoms with E-state index >= 15 is 0 Å². The van der Waals surface area contributed by atoms with Crippen LogP contribution in [-0.2, 0) is 11.3 Å². The van der Waals surface area contributed by atoms with Crippen molar-refractivity contribution in [3.8, 4) is 0 Å². The lowest BCUT2D eigenvalue weighted by molar-refractivity contribution is -0.127. The summed E-state index contributed by atoms with van der Waals surface area (Å²) >= 11 is 0. The molecule has 2 aliphatic rings. The molecular formula is C23H25F3N2O. The van der Waals surface area contributed by atoms with Crippen LogP contribution < -0.4 is 5.32 Å². The van der Waals surface area contributed by atoms with Gasteiger partial charge in [-0.3, -0.25) is 9.69 Å². The highest BCUT2D eigenvalue weighted by atomic mass is 19.1. The average molecular weight is 402 g/mol. The van der Waals surface area contributed by atoms with Gasteiger partial charge >= 0.3 is 0 Å². The van der Waals surface area contributed by atoms with Crippen LogP contribution in [0.3, 0.4) is 0 Å². The van der Waals surface area contributed by atoms with Crippen LogP contribution in [0.25, 0.3) is 0 Å². The summed E-state index contributed by atoms with van der Waals surface area (Å²) in [5.74, 6) is -1.04. The number of likely N-dealkylation sites (tertiary alicyclic amines) is 1. The second kappa shape index (κ2) is 8.57. The third-order valence-electron chi connectivity index (χ3n) is 5.91. The van der Waals surface area contributed by atoms with Crippen molar-refractivity contribution >= 4 is 5.91 Å². The molecule has 2 atom stereocenters. The van der Waals surface area contributed by atoms with Gasteiger partial charge < -0.3 is 5.32 Å². The molecule has 1 N–H and O–H groups in total. The molecule has 0 radical (unpaired) electrons. The Morgan fingerprint density at radius 2 is 1.72 bits per heavy atom. The Hall–Kier alpha value is -2.34. The Labute approximate surface area is 168 Å². The topological polar surface area (TPSA) is 32.3 Å². The third kappa shape index (κ3) is 5.18. The highest BCUT2D eigenvalue weighted by Gasteiger charge is 2.33. The Bertz CT molecular complexity index is 867. The van der Waals surface area contributed by atoms with Gasteiger partial charge in [0.2, 0.25) is 5.91 Å². The van der Waals surface area contributed by atoms with Crippen molar-refractivity contribution < 1.29 is 18.0 Å². The number of nitrogens with zero attached hydrogens (tertiary/aromatic N) is 1. The molecule has 0 bridgehead atoms. The zero-order chi connectivity index (χ0) is 20.4. The van der Waals surface area contributed by atoms with E-state index in [1.807, 2.05) is 4.90 Å². The lowest BCUT2D eigenvalue weighted by atomic mass is 9.83. The van der Waals surface area contributed by atoms with E-state index in [2.05, 4.69) is 5.32 Å². The zero-order valence-electron chi connectivity index (χ0n) is 16.2. The van der Waals surface area contributed by atoms with Crippen molar-refractivity contribution in [1.29, 1.82) is 0 Å². The predicted molar refractivity (Wildman–Crippen MR) is 105 cm³/mol. The van der Waals surface area contributed by atoms with Crippen LogP contribution in [0.15, 0.2) is 42.5 Å². The number of piperidine rings is 1. The number of halogens is 3. The molecule has 3 nitrogen and oxygen atoms in total. The number of nitrogens with one attached hydrogen (secondary N) is 1. The molecule has 1 saturated carbocycles. The van der Waals surface area contributed by atoms with Gasteiger partial charge in [0, 0.05) is 37.8 Å². The maximum absolute atomic E-state index is 14.2. The summed E-state index contributed by atoms with van der Waals surface area (Å²) in [6, 6.07) is 9.94. The summed E-state index contributed by atoms with van der Waals surface area (Å²) in [4.78, 5) is 14.8. The molecule has 1 saturated heterocycles. The number of benzene rings is 2. The van der Waals surface area contributed by atoms with Crippen LogP contribution in [0, 0.1) is 29.3 Å². The molecule has 1 aliphatic heterocycles. The van der Waals surface area contributed by atoms with Gasteiger partial charge in [0.15, 0.2) is 0 Å². The summed E-state index contributed by atoms with van der Waals surface area (Å²) in [6.07, 6.45) is 3.00. The SMILES string of the molecule is O=C(NCC1CC1)C1CC(c2ccc(F)cc2)CN(Cc2ccc(F)cc2F)C1. The van der Waals surface area contributed by atoms with Crippen LogP contribution in [0.4, 0.5) is 13.2 Å². The Morgan fingerprint density at radius 1 is 1.00 bits per heavy atom. The number of rotatable bonds is 6. The van der Waals surface area contributed by atoms with E-state index in [0.29, 0.717) is 44.1 Å². The van der Waals surface area contributed by atoms with Crippen molar-refractivity contribution in [2.24, 2.45) is 11.8 Å². The Balaban J connectivity index is 1.50. The van der Waals surface area contributed by atoms with Crippen molar-refractivity contribution in [2.45, 2.75) is 31.7 Å². The van der Waals surface area contributed by atoms with Crippen molar-refractivity contribution in [3.63, 3.8) is 0 Å². The van der Waals surface area contributed by atoms with Crippen molar-refractivity contribution in [1.82, 2.24) is 10.2 Å². The smallest absolute Gasteiger partial charge is 0.224 e. The minimum Gasteiger partial charge on any atom is -0.356 e. The molecule has 1 aliphatic carbocycles. The quantitative estimate of drug-likeness (QED) is 0.784. The monoisotopic (exact) mass is 402 g/mol. The van der Waals surface area contributed by atoms with E-state index in [9.17, 15) is 18.0 Å². The van der Waals surface area contributed by atoms with E-state index in [-0.39, 0.29) is 23.6 Å². The standard InChI is InChI=1S/C23H25F3N2O/c24-20-6-3-16(4-7-20)18-9-19(23(29)27-11-15-1-2-15)14-28(13-18)12-17-5-8-21(25)10-22(17)26/h3-8,10,15,18-19H,1-2,9,11-14H2,(H,27,29). The molecule has 2 fully saturated rings. The number of amides is 1. The minimum atomic E-state index is -0.605. The number of hydrogen-bond donors (Lipinski definition) is 1. The molecule has 2 unspecified atom stereocenters. The number of carbonyl (C=O) groups excluding carboxylic acids is 1. The summed E-state index contributed by atoms with van der Waals surface area (Å²) in [7, 11) is 0. The second-order valence-corrected chi connectivity index (χ2v) is 8.30. The first-order chi connectivity index (χ1) is 14.0. The Morgan fingerprint density at radius 3 is 2.41 bits per heavy atom. The van der Waals surface area contributed by atoms with Gasteiger partial charge in [-0.2, -0.15) is 0 Å². The molecule has 1 heterocycles. The van der Waals surface area contributed by atoms with Crippen molar-refractivity contribution in [2.75, 3.05) is 19.6 Å². The fraction of sp³-hybridized carbons (Fsp3) is 0.435. The predicted octanol–water partition coefficient (Wildman–Crippen LogP) is 4.24. The largest absolute Gasteiger partial charge is 0.356 e. The molecule has 0 spiro atoms. The molecular weight excluding hydrogens is 377 g/mol. The molecule has 6 heteroatoms. The summed E-state index contributed by atoms with van der Waals surface area (Å²) < 4.78 is 40.7. The molecule has 154 valence electrons. The maximum atomic E-state index is 14.2. The molecule has 2 aromatic rings. The fourth-order valence-corrected chi connectivity index (χ4v) is 4.09. The highest BCUT2D eigenvalue weighted by Crippen LogP contribution is 2.32. The summed E-state index contributed by atoms with van der Waals surface area (Å²) in [5, 5.41) is 3.05. The maximum Gasteiger partial charge on any atom is 0.224 e. The van der Waals surface area contributed by atoms with Crippen LogP contribution >= 0.6 is 0 Å². The van der Waals surface area contributed by atoms with Gasteiger partial charge in [-0.1, -0.05) is 18.2 Å². The first-order valence-electron chi connectivity index (χ1n) is 10.2. The van der Waals surface area contributed by atoms with Gasteiger partial charge in [0.05, 0.1) is 5.92 Å². The normalized spacial score (nSPS) is 22.4. The van der Waals surface area contributed by atoms with Crippen LogP contribution in [-0.4, -0.2) is 30.4 Å². The molecule has 29 heavy (non-hydrogen) atoms. The Kier molecular flexibility index (Phi) is 5.90. The van der Waals surface area contributed by atoms with E-state index in [0.717, 1.165) is 11.6 Å². The zero-order valence-corrected chi connectivity index (χ0v) is 16.2. The average Bonchev–Trinajstić information content (AvgIpc) is 3.53. The van der Waals surface area contributed by atoms with Crippen LogP contribution in [0.2, 0.25) is 0 Å². The van der Waals surface area contributed by atoms with E-state index in [1.54, 1.807) is 12.1 Å². The molecule has 4 rings (SSSR count). The molecule has 0 aromatic heterocycles. The third-order valence-corrected chi connectivity index (χ3v) is 5.91. The van der Waals surface area contributed by atoms with Gasteiger partial charge in [-0.25, -0.2) is 13.2 Å². The van der Waals surface area contributed by atoms with Gasteiger partial charge in [0.25, 0.3) is 0 Å². The second-order valence-electron chi connectivity index (χ2n) is 8.30. The first-order valence-corrected chi connectivity index (χ1v) is 10.2. The first kappa shape index (κ1) is 20.0. The fourth-order valence-electron chi connectivity index (χ4n) is 4.09. The summed E-state index contributed by atoms with van der Waals surface area (Å²) in [6.45, 7) is 2.17. The van der Waals surface area contributed by atoms with E-state index in [4.69, 9.17) is 0 Å². The van der Waals surface area contributed by atoms with Gasteiger partial charge in [-0.15, -0.1) is 0 Å².